The van der Waals surface area contributed by atoms with Gasteiger partial charge in [-0.2, -0.15) is 5.26 Å². The van der Waals surface area contributed by atoms with Gasteiger partial charge in [0.1, 0.15) is 5.76 Å². The fraction of sp³-hybridized carbons (Fsp3) is 0.350. The Morgan fingerprint density at radius 2 is 1.78 bits per heavy atom. The molecule has 1 aromatic carbocycles. The molecule has 0 fully saturated rings. The molecule has 6 nitrogen and oxygen atoms in total. The maximum atomic E-state index is 9.54. The number of hydrogen-bond acceptors (Lipinski definition) is 6. The van der Waals surface area contributed by atoms with Crippen molar-refractivity contribution in [3.05, 3.63) is 41.7 Å². The van der Waals surface area contributed by atoms with Gasteiger partial charge in [0.2, 0.25) is 0 Å². The minimum atomic E-state index is 0. The van der Waals surface area contributed by atoms with E-state index < -0.39 is 0 Å². The lowest BCUT2D eigenvalue weighted by atomic mass is 10.1. The van der Waals surface area contributed by atoms with E-state index in [-0.39, 0.29) is 12.4 Å². The van der Waals surface area contributed by atoms with Gasteiger partial charge >= 0.3 is 0 Å². The van der Waals surface area contributed by atoms with Crippen LogP contribution in [0.5, 0.6) is 11.5 Å². The van der Waals surface area contributed by atoms with Crippen molar-refractivity contribution < 1.29 is 13.9 Å². The molecule has 0 amide bonds. The van der Waals surface area contributed by atoms with Crippen LogP contribution < -0.4 is 14.4 Å². The van der Waals surface area contributed by atoms with Gasteiger partial charge < -0.3 is 23.7 Å². The van der Waals surface area contributed by atoms with E-state index in [1.54, 1.807) is 32.4 Å². The van der Waals surface area contributed by atoms with E-state index in [4.69, 9.17) is 13.9 Å². The summed E-state index contributed by atoms with van der Waals surface area (Å²) >= 11 is 0. The second-order valence-electron chi connectivity index (χ2n) is 6.14. The van der Waals surface area contributed by atoms with E-state index in [2.05, 4.69) is 11.0 Å². The van der Waals surface area contributed by atoms with Crippen molar-refractivity contribution >= 4 is 29.9 Å². The molecule has 0 radical (unpaired) electrons. The molecule has 2 aromatic rings. The van der Waals surface area contributed by atoms with Crippen LogP contribution in [0.3, 0.4) is 0 Å². The van der Waals surface area contributed by atoms with E-state index in [1.165, 1.54) is 0 Å². The molecule has 27 heavy (non-hydrogen) atoms. The first kappa shape index (κ1) is 22.4. The summed E-state index contributed by atoms with van der Waals surface area (Å²) in [7, 11) is 9.20. The summed E-state index contributed by atoms with van der Waals surface area (Å²) in [5.41, 5.74) is 1.23. The van der Waals surface area contributed by atoms with Crippen molar-refractivity contribution in [1.29, 1.82) is 5.26 Å². The molecule has 0 bridgehead atoms. The fourth-order valence-corrected chi connectivity index (χ4v) is 2.41. The molecule has 0 N–H and O–H groups in total. The molecule has 0 aliphatic rings. The monoisotopic (exact) mass is 391 g/mol. The summed E-state index contributed by atoms with van der Waals surface area (Å²) in [6.07, 6.45) is 1.73. The Kier molecular flexibility index (Phi) is 8.73. The predicted molar refractivity (Wildman–Crippen MR) is 111 cm³/mol. The van der Waals surface area contributed by atoms with Crippen molar-refractivity contribution in [3.63, 3.8) is 0 Å². The summed E-state index contributed by atoms with van der Waals surface area (Å²) in [5.74, 6) is 2.59. The number of nitrogens with zero attached hydrogens (tertiary/aromatic N) is 3. The maximum absolute atomic E-state index is 9.54. The first-order valence-electron chi connectivity index (χ1n) is 8.28. The van der Waals surface area contributed by atoms with Crippen LogP contribution in [0.2, 0.25) is 0 Å². The Morgan fingerprint density at radius 1 is 1.07 bits per heavy atom. The largest absolute Gasteiger partial charge is 0.493 e. The van der Waals surface area contributed by atoms with Crippen LogP contribution in [-0.2, 0) is 0 Å². The molecule has 0 aliphatic heterocycles. The van der Waals surface area contributed by atoms with Crippen LogP contribution in [0, 0.1) is 11.3 Å². The lowest BCUT2D eigenvalue weighted by molar-refractivity contribution is 0.355. The Morgan fingerprint density at radius 3 is 2.37 bits per heavy atom. The molecule has 0 atom stereocenters. The minimum Gasteiger partial charge on any atom is -0.493 e. The highest BCUT2D eigenvalue weighted by Gasteiger charge is 2.10. The lowest BCUT2D eigenvalue weighted by Gasteiger charge is -2.18. The number of rotatable bonds is 8. The number of hydrogen-bond donors (Lipinski definition) is 0. The molecule has 0 aliphatic carbocycles. The number of allylic oxidation sites excluding steroid dienone is 1. The molecule has 0 saturated carbocycles. The molecule has 2 rings (SSSR count). The van der Waals surface area contributed by atoms with Crippen LogP contribution in [0.15, 0.2) is 34.7 Å². The maximum Gasteiger partial charge on any atom is 0.195 e. The average Bonchev–Trinajstić information content (AvgIpc) is 3.12. The number of benzene rings is 1. The highest BCUT2D eigenvalue weighted by Crippen LogP contribution is 2.31. The Hall–Kier alpha value is -2.62. The van der Waals surface area contributed by atoms with Gasteiger partial charge in [-0.1, -0.05) is 0 Å². The van der Waals surface area contributed by atoms with Crippen LogP contribution in [0.25, 0.3) is 11.6 Å². The lowest BCUT2D eigenvalue weighted by Crippen LogP contribution is -2.28. The van der Waals surface area contributed by atoms with Crippen molar-refractivity contribution in [2.45, 2.75) is 0 Å². The number of methoxy groups -OCH3 is 2. The fourth-order valence-electron chi connectivity index (χ4n) is 2.41. The zero-order valence-corrected chi connectivity index (χ0v) is 17.2. The smallest absolute Gasteiger partial charge is 0.195 e. The van der Waals surface area contributed by atoms with Crippen LogP contribution >= 0.6 is 12.4 Å². The SMILES string of the molecule is COc1ccc(/C(C#N)=C/c2ccc(N(C)CCN(C)C)o2)cc1OC.Cl. The average molecular weight is 392 g/mol. The zero-order valence-electron chi connectivity index (χ0n) is 16.4. The van der Waals surface area contributed by atoms with Crippen LogP contribution in [-0.4, -0.2) is 53.4 Å². The third-order valence-electron chi connectivity index (χ3n) is 3.97. The molecule has 146 valence electrons. The molecular weight excluding hydrogens is 366 g/mol. The van der Waals surface area contributed by atoms with E-state index in [0.717, 1.165) is 24.5 Å². The molecular formula is C20H26ClN3O3. The van der Waals surface area contributed by atoms with Crippen molar-refractivity contribution in [2.24, 2.45) is 0 Å². The Labute approximate surface area is 167 Å². The molecule has 0 unspecified atom stereocenters. The van der Waals surface area contributed by atoms with E-state index in [1.807, 2.05) is 44.2 Å². The van der Waals surface area contributed by atoms with E-state index in [9.17, 15) is 5.26 Å². The zero-order chi connectivity index (χ0) is 19.1. The Bertz CT molecular complexity index is 809. The number of nitriles is 1. The number of furan rings is 1. The van der Waals surface area contributed by atoms with Gasteiger partial charge in [-0.05, 0) is 50.0 Å². The van der Waals surface area contributed by atoms with Crippen molar-refractivity contribution in [3.8, 4) is 17.6 Å². The van der Waals surface area contributed by atoms with E-state index in [0.29, 0.717) is 22.8 Å². The third kappa shape index (κ3) is 5.95. The number of anilines is 1. The Balaban J connectivity index is 0.00000364. The van der Waals surface area contributed by atoms with Gasteiger partial charge in [-0.3, -0.25) is 0 Å². The quantitative estimate of drug-likeness (QED) is 0.638. The van der Waals surface area contributed by atoms with Crippen LogP contribution in [0.1, 0.15) is 11.3 Å². The van der Waals surface area contributed by atoms with Gasteiger partial charge in [0.05, 0.1) is 25.9 Å². The van der Waals surface area contributed by atoms with Crippen molar-refractivity contribution in [1.82, 2.24) is 4.90 Å². The van der Waals surface area contributed by atoms with E-state index >= 15 is 0 Å². The topological polar surface area (TPSA) is 61.9 Å². The first-order chi connectivity index (χ1) is 12.5. The summed E-state index contributed by atoms with van der Waals surface area (Å²) in [6.45, 7) is 1.78. The summed E-state index contributed by atoms with van der Waals surface area (Å²) < 4.78 is 16.4. The highest BCUT2D eigenvalue weighted by molar-refractivity contribution is 5.89. The summed E-state index contributed by atoms with van der Waals surface area (Å²) in [6, 6.07) is 11.4. The van der Waals surface area contributed by atoms with Crippen LogP contribution in [0.4, 0.5) is 5.88 Å². The predicted octanol–water partition coefficient (Wildman–Crippen LogP) is 3.78. The van der Waals surface area contributed by atoms with Crippen molar-refractivity contribution in [2.75, 3.05) is 53.4 Å². The number of halogens is 1. The summed E-state index contributed by atoms with van der Waals surface area (Å²) in [4.78, 5) is 4.16. The second-order valence-corrected chi connectivity index (χ2v) is 6.14. The second kappa shape index (κ2) is 10.5. The number of likely N-dealkylation sites (N-methyl/N-ethyl adjacent to an activating group) is 2. The van der Waals surface area contributed by atoms with Gasteiger partial charge in [0, 0.05) is 26.2 Å². The van der Waals surface area contributed by atoms with Gasteiger partial charge in [-0.15, -0.1) is 12.4 Å². The molecule has 0 spiro atoms. The minimum absolute atomic E-state index is 0. The van der Waals surface area contributed by atoms with Gasteiger partial charge in [-0.25, -0.2) is 0 Å². The number of ether oxygens (including phenoxy) is 2. The van der Waals surface area contributed by atoms with Gasteiger partial charge in [0.25, 0.3) is 0 Å². The van der Waals surface area contributed by atoms with Gasteiger partial charge in [0.15, 0.2) is 17.4 Å². The summed E-state index contributed by atoms with van der Waals surface area (Å²) in [5, 5.41) is 9.54. The molecule has 7 heteroatoms. The third-order valence-corrected chi connectivity index (χ3v) is 3.97. The standard InChI is InChI=1S/C20H25N3O3.ClH/c1-22(2)10-11-23(3)20-9-7-17(26-20)12-16(14-21)15-6-8-18(24-4)19(13-15)25-5;/h6-9,12-13H,10-11H2,1-5H3;1H/b16-12+;. The highest BCUT2D eigenvalue weighted by atomic mass is 35.5. The molecule has 1 aromatic heterocycles. The molecule has 1 heterocycles. The molecule has 0 saturated heterocycles. The normalized spacial score (nSPS) is 10.9. The first-order valence-corrected chi connectivity index (χ1v) is 8.28.